The Hall–Kier alpha value is -3.36. The van der Waals surface area contributed by atoms with E-state index in [0.29, 0.717) is 55.6 Å². The molecule has 0 bridgehead atoms. The van der Waals surface area contributed by atoms with Gasteiger partial charge in [0.15, 0.2) is 11.6 Å². The van der Waals surface area contributed by atoms with Crippen molar-refractivity contribution in [3.8, 4) is 5.75 Å². The van der Waals surface area contributed by atoms with Crippen LogP contribution < -0.4 is 20.5 Å². The van der Waals surface area contributed by atoms with Crippen molar-refractivity contribution < 1.29 is 14.3 Å². The van der Waals surface area contributed by atoms with E-state index in [4.69, 9.17) is 4.74 Å². The molecule has 148 valence electrons. The highest BCUT2D eigenvalue weighted by Gasteiger charge is 2.24. The van der Waals surface area contributed by atoms with E-state index in [1.807, 2.05) is 11.8 Å². The van der Waals surface area contributed by atoms with Crippen LogP contribution in [0.4, 0.5) is 16.3 Å². The standard InChI is InChI=1S/C19H23N5O4/c1-3-28-16-5-4-14(13(2)25)12-15(16)22-19(27)24-10-8-23(9-11-24)17-18(26)21-7-6-20-17/h4-7,12H,3,8-11H2,1-2H3,(H,21,26)(H,22,27). The minimum Gasteiger partial charge on any atom is -0.492 e. The summed E-state index contributed by atoms with van der Waals surface area (Å²) in [6, 6.07) is 4.69. The van der Waals surface area contributed by atoms with Crippen LogP contribution in [0.2, 0.25) is 0 Å². The predicted octanol–water partition coefficient (Wildman–Crippen LogP) is 1.73. The van der Waals surface area contributed by atoms with Gasteiger partial charge < -0.3 is 24.8 Å². The van der Waals surface area contributed by atoms with E-state index < -0.39 is 0 Å². The van der Waals surface area contributed by atoms with Crippen LogP contribution in [-0.2, 0) is 0 Å². The third kappa shape index (κ3) is 4.30. The number of carbonyl (C=O) groups is 2. The summed E-state index contributed by atoms with van der Waals surface area (Å²) < 4.78 is 5.55. The lowest BCUT2D eigenvalue weighted by atomic mass is 10.1. The van der Waals surface area contributed by atoms with Crippen LogP contribution in [0.3, 0.4) is 0 Å². The maximum absolute atomic E-state index is 12.7. The van der Waals surface area contributed by atoms with E-state index >= 15 is 0 Å². The lowest BCUT2D eigenvalue weighted by Gasteiger charge is -2.34. The Morgan fingerprint density at radius 2 is 2.00 bits per heavy atom. The Kier molecular flexibility index (Phi) is 5.93. The number of piperazine rings is 1. The maximum atomic E-state index is 12.7. The van der Waals surface area contributed by atoms with E-state index in [-0.39, 0.29) is 17.4 Å². The Labute approximate surface area is 162 Å². The third-order valence-electron chi connectivity index (χ3n) is 4.48. The molecule has 0 spiro atoms. The molecule has 2 N–H and O–H groups in total. The molecular weight excluding hydrogens is 362 g/mol. The van der Waals surface area contributed by atoms with Crippen LogP contribution in [-0.4, -0.2) is 59.5 Å². The SMILES string of the molecule is CCOc1ccc(C(C)=O)cc1NC(=O)N1CCN(c2ncc[nH]c2=O)CC1. The van der Waals surface area contributed by atoms with Crippen molar-refractivity contribution in [2.75, 3.05) is 43.0 Å². The monoisotopic (exact) mass is 385 g/mol. The minimum atomic E-state index is -0.281. The molecule has 1 aliphatic rings. The zero-order chi connectivity index (χ0) is 20.1. The summed E-state index contributed by atoms with van der Waals surface area (Å²) in [6.07, 6.45) is 3.02. The second-order valence-electron chi connectivity index (χ2n) is 6.35. The number of benzene rings is 1. The molecule has 0 atom stereocenters. The topological polar surface area (TPSA) is 108 Å². The molecule has 1 aliphatic heterocycles. The summed E-state index contributed by atoms with van der Waals surface area (Å²) >= 11 is 0. The quantitative estimate of drug-likeness (QED) is 0.759. The Morgan fingerprint density at radius 1 is 1.25 bits per heavy atom. The van der Waals surface area contributed by atoms with Gasteiger partial charge in [0, 0.05) is 44.1 Å². The van der Waals surface area contributed by atoms with Gasteiger partial charge in [0.2, 0.25) is 0 Å². The number of aromatic amines is 1. The van der Waals surface area contributed by atoms with E-state index in [0.717, 1.165) is 0 Å². The molecule has 0 saturated carbocycles. The summed E-state index contributed by atoms with van der Waals surface area (Å²) in [5.74, 6) is 0.780. The molecule has 1 fully saturated rings. The highest BCUT2D eigenvalue weighted by Crippen LogP contribution is 2.26. The van der Waals surface area contributed by atoms with Crippen LogP contribution in [0, 0.1) is 0 Å². The number of Topliss-reactive ketones (excluding diaryl/α,β-unsaturated/α-hetero) is 1. The zero-order valence-corrected chi connectivity index (χ0v) is 15.9. The molecule has 1 aromatic heterocycles. The lowest BCUT2D eigenvalue weighted by molar-refractivity contribution is 0.101. The van der Waals surface area contributed by atoms with Gasteiger partial charge in [-0.05, 0) is 32.0 Å². The molecule has 3 rings (SSSR count). The van der Waals surface area contributed by atoms with Crippen LogP contribution in [0.25, 0.3) is 0 Å². The summed E-state index contributed by atoms with van der Waals surface area (Å²) in [6.45, 7) is 5.65. The van der Waals surface area contributed by atoms with Gasteiger partial charge in [-0.2, -0.15) is 0 Å². The van der Waals surface area contributed by atoms with Gasteiger partial charge in [0.05, 0.1) is 12.3 Å². The fraction of sp³-hybridized carbons (Fsp3) is 0.368. The van der Waals surface area contributed by atoms with Gasteiger partial charge in [0.25, 0.3) is 5.56 Å². The maximum Gasteiger partial charge on any atom is 0.322 e. The Balaban J connectivity index is 1.67. The van der Waals surface area contributed by atoms with Crippen LogP contribution in [0.15, 0.2) is 35.4 Å². The number of ketones is 1. The van der Waals surface area contributed by atoms with Crippen molar-refractivity contribution in [2.24, 2.45) is 0 Å². The number of nitrogens with zero attached hydrogens (tertiary/aromatic N) is 3. The average Bonchev–Trinajstić information content (AvgIpc) is 2.70. The van der Waals surface area contributed by atoms with Gasteiger partial charge >= 0.3 is 6.03 Å². The number of rotatable bonds is 5. The van der Waals surface area contributed by atoms with Crippen molar-refractivity contribution in [1.29, 1.82) is 0 Å². The molecule has 2 heterocycles. The predicted molar refractivity (Wildman–Crippen MR) is 105 cm³/mol. The average molecular weight is 385 g/mol. The van der Waals surface area contributed by atoms with Crippen LogP contribution in [0.1, 0.15) is 24.2 Å². The van der Waals surface area contributed by atoms with E-state index in [2.05, 4.69) is 15.3 Å². The number of ether oxygens (including phenoxy) is 1. The number of anilines is 2. The van der Waals surface area contributed by atoms with Gasteiger partial charge in [-0.15, -0.1) is 0 Å². The molecule has 9 nitrogen and oxygen atoms in total. The molecule has 2 amide bonds. The number of nitrogens with one attached hydrogen (secondary N) is 2. The number of H-pyrrole nitrogens is 1. The first-order chi connectivity index (χ1) is 13.5. The molecule has 0 aliphatic carbocycles. The molecule has 28 heavy (non-hydrogen) atoms. The van der Waals surface area contributed by atoms with Gasteiger partial charge in [-0.25, -0.2) is 9.78 Å². The van der Waals surface area contributed by atoms with Crippen molar-refractivity contribution in [3.63, 3.8) is 0 Å². The van der Waals surface area contributed by atoms with E-state index in [1.165, 1.54) is 19.3 Å². The smallest absolute Gasteiger partial charge is 0.322 e. The first-order valence-electron chi connectivity index (χ1n) is 9.12. The number of carbonyl (C=O) groups excluding carboxylic acids is 2. The Bertz CT molecular complexity index is 919. The fourth-order valence-electron chi connectivity index (χ4n) is 3.01. The first-order valence-corrected chi connectivity index (χ1v) is 9.12. The fourth-order valence-corrected chi connectivity index (χ4v) is 3.01. The highest BCUT2D eigenvalue weighted by molar-refractivity contribution is 5.98. The van der Waals surface area contributed by atoms with Crippen molar-refractivity contribution >= 4 is 23.3 Å². The van der Waals surface area contributed by atoms with Crippen LogP contribution >= 0.6 is 0 Å². The lowest BCUT2D eigenvalue weighted by Crippen LogP contribution is -2.51. The van der Waals surface area contributed by atoms with Crippen molar-refractivity contribution in [3.05, 3.63) is 46.5 Å². The van der Waals surface area contributed by atoms with Crippen LogP contribution in [0.5, 0.6) is 5.75 Å². The summed E-state index contributed by atoms with van der Waals surface area (Å²) in [4.78, 5) is 46.4. The van der Waals surface area contributed by atoms with Crippen molar-refractivity contribution in [2.45, 2.75) is 13.8 Å². The van der Waals surface area contributed by atoms with E-state index in [9.17, 15) is 14.4 Å². The molecule has 0 radical (unpaired) electrons. The second kappa shape index (κ2) is 8.55. The number of aromatic nitrogens is 2. The zero-order valence-electron chi connectivity index (χ0n) is 15.9. The number of amides is 2. The third-order valence-corrected chi connectivity index (χ3v) is 4.48. The molecule has 9 heteroatoms. The number of hydrogen-bond acceptors (Lipinski definition) is 6. The summed E-state index contributed by atoms with van der Waals surface area (Å²) in [7, 11) is 0. The molecule has 1 aromatic carbocycles. The highest BCUT2D eigenvalue weighted by atomic mass is 16.5. The summed E-state index contributed by atoms with van der Waals surface area (Å²) in [5.41, 5.74) is 0.712. The largest absolute Gasteiger partial charge is 0.492 e. The van der Waals surface area contributed by atoms with E-state index in [1.54, 1.807) is 23.1 Å². The molecule has 1 saturated heterocycles. The summed E-state index contributed by atoms with van der Waals surface area (Å²) in [5, 5.41) is 2.83. The molecule has 0 unspecified atom stereocenters. The molecular formula is C19H23N5O4. The van der Waals surface area contributed by atoms with Gasteiger partial charge in [-0.1, -0.05) is 0 Å². The molecule has 2 aromatic rings. The van der Waals surface area contributed by atoms with Gasteiger partial charge in [-0.3, -0.25) is 9.59 Å². The first kappa shape index (κ1) is 19.4. The number of hydrogen-bond donors (Lipinski definition) is 2. The second-order valence-corrected chi connectivity index (χ2v) is 6.35. The number of urea groups is 1. The normalized spacial score (nSPS) is 13.9. The van der Waals surface area contributed by atoms with Gasteiger partial charge in [0.1, 0.15) is 5.75 Å². The Morgan fingerprint density at radius 3 is 2.64 bits per heavy atom. The van der Waals surface area contributed by atoms with Crippen molar-refractivity contribution in [1.82, 2.24) is 14.9 Å². The minimum absolute atomic E-state index is 0.0901.